The van der Waals surface area contributed by atoms with E-state index in [0.29, 0.717) is 0 Å². The van der Waals surface area contributed by atoms with Crippen molar-refractivity contribution in [2.75, 3.05) is 0 Å². The maximum atomic E-state index is 0. The molecule has 0 spiro atoms. The zero-order valence-corrected chi connectivity index (χ0v) is 11.5. The fourth-order valence-electron chi connectivity index (χ4n) is 0. The fraction of sp³-hybridized carbons (Fsp3) is 0. The van der Waals surface area contributed by atoms with E-state index in [9.17, 15) is 0 Å². The molecule has 12 heavy (non-hydrogen) atoms. The summed E-state index contributed by atoms with van der Waals surface area (Å²) in [7, 11) is 0. The number of rotatable bonds is 0. The van der Waals surface area contributed by atoms with Crippen LogP contribution in [0.1, 0.15) is 5.71 Å². The van der Waals surface area contributed by atoms with Gasteiger partial charge in [-0.05, 0) is 0 Å². The van der Waals surface area contributed by atoms with Crippen molar-refractivity contribution >= 4 is 85.6 Å². The van der Waals surface area contributed by atoms with Gasteiger partial charge < -0.3 is 49.5 Å². The van der Waals surface area contributed by atoms with Crippen molar-refractivity contribution in [2.45, 2.75) is 0 Å². The molecular formula is H22CaCl2MgO8. The van der Waals surface area contributed by atoms with Crippen LogP contribution in [0, 0.1) is 0 Å². The third-order valence-corrected chi connectivity index (χ3v) is 0. The second kappa shape index (κ2) is 384. The molecule has 16 N–H and O–H groups in total. The molecule has 12 heteroatoms. The van der Waals surface area contributed by atoms with Crippen LogP contribution in [0.2, 0.25) is 0 Å². The monoisotopic (exact) mass is 284 g/mol. The molecule has 0 aliphatic rings. The van der Waals surface area contributed by atoms with E-state index in [-0.39, 0.29) is 135 Å². The Bertz CT molecular complexity index is 30.0. The van der Waals surface area contributed by atoms with Gasteiger partial charge in [-0.1, -0.05) is 0 Å². The van der Waals surface area contributed by atoms with Gasteiger partial charge in [-0.25, -0.2) is 0 Å². The van der Waals surface area contributed by atoms with Gasteiger partial charge in [0.1, 0.15) is 0 Å². The summed E-state index contributed by atoms with van der Waals surface area (Å²) in [5, 5.41) is 0. The first-order valence-electron chi connectivity index (χ1n) is 0. The molecule has 0 heterocycles. The molecule has 0 atom stereocenters. The smallest absolute Gasteiger partial charge is 1.00 e. The number of hydrogen-bond donors (Lipinski definition) is 0. The standard InChI is InChI=1S/Ca.2ClH.Mg.8H2O.4H/h;2*1H;;8*1H2;;;;/q+2;;;+2;;;;;;;;;4*-1. The van der Waals surface area contributed by atoms with Crippen molar-refractivity contribution in [3.8, 4) is 0 Å². The van der Waals surface area contributed by atoms with Crippen molar-refractivity contribution in [1.29, 1.82) is 0 Å². The van der Waals surface area contributed by atoms with Crippen molar-refractivity contribution in [2.24, 2.45) is 0 Å². The van der Waals surface area contributed by atoms with Crippen LogP contribution in [0.5, 0.6) is 0 Å². The molecule has 8 nitrogen and oxygen atoms in total. The van der Waals surface area contributed by atoms with Crippen molar-refractivity contribution in [3.63, 3.8) is 0 Å². The Morgan fingerprint density at radius 2 is 0.417 bits per heavy atom. The molecule has 0 bridgehead atoms. The second-order valence-electron chi connectivity index (χ2n) is 0. The molecule has 0 aromatic heterocycles. The van der Waals surface area contributed by atoms with Gasteiger partial charge in [-0.15, -0.1) is 24.8 Å². The van der Waals surface area contributed by atoms with Gasteiger partial charge in [-0.3, -0.25) is 0 Å². The first-order valence-corrected chi connectivity index (χ1v) is 0. The predicted molar refractivity (Wildman–Crippen MR) is 59.4 cm³/mol. The minimum absolute atomic E-state index is 0. The Balaban J connectivity index is 0. The largest absolute Gasteiger partial charge is 2.00 e. The van der Waals surface area contributed by atoms with Gasteiger partial charge in [-0.2, -0.15) is 0 Å². The molecule has 0 amide bonds. The van der Waals surface area contributed by atoms with Gasteiger partial charge >= 0.3 is 60.8 Å². The Morgan fingerprint density at radius 3 is 0.417 bits per heavy atom. The second-order valence-corrected chi connectivity index (χ2v) is 0. The summed E-state index contributed by atoms with van der Waals surface area (Å²) < 4.78 is 0. The van der Waals surface area contributed by atoms with Crippen molar-refractivity contribution in [1.82, 2.24) is 0 Å². The van der Waals surface area contributed by atoms with Gasteiger partial charge in [0.2, 0.25) is 0 Å². The van der Waals surface area contributed by atoms with E-state index in [0.717, 1.165) is 0 Å². The molecule has 0 saturated heterocycles. The van der Waals surface area contributed by atoms with Crippen LogP contribution < -0.4 is 0 Å². The summed E-state index contributed by atoms with van der Waals surface area (Å²) in [5.41, 5.74) is 0. The molecule has 0 aliphatic heterocycles. The first kappa shape index (κ1) is 483. The Labute approximate surface area is 134 Å². The van der Waals surface area contributed by atoms with Gasteiger partial charge in [0.05, 0.1) is 0 Å². The molecule has 0 radical (unpaired) electrons. The summed E-state index contributed by atoms with van der Waals surface area (Å²) in [6.07, 6.45) is 0. The van der Waals surface area contributed by atoms with Gasteiger partial charge in [0.25, 0.3) is 0 Å². The maximum absolute atomic E-state index is 0. The van der Waals surface area contributed by atoms with Crippen LogP contribution in [0.25, 0.3) is 0 Å². The van der Waals surface area contributed by atoms with E-state index in [4.69, 9.17) is 0 Å². The van der Waals surface area contributed by atoms with Crippen LogP contribution in [-0.4, -0.2) is 105 Å². The van der Waals surface area contributed by atoms with Crippen LogP contribution in [0.15, 0.2) is 0 Å². The summed E-state index contributed by atoms with van der Waals surface area (Å²) in [6, 6.07) is 0. The maximum Gasteiger partial charge on any atom is 2.00 e. The number of hydrogen-bond acceptors (Lipinski definition) is 0. The molecule has 0 rings (SSSR count). The van der Waals surface area contributed by atoms with Crippen LogP contribution in [0.3, 0.4) is 0 Å². The minimum Gasteiger partial charge on any atom is -1.00 e. The average Bonchev–Trinajstić information content (AvgIpc) is 0. The predicted octanol–water partition coefficient (Wildman–Crippen LogP) is -6.07. The SMILES string of the molecule is Cl.Cl.O.O.O.O.O.O.O.O.[Ca+2].[H-].[H-].[H-].[H-].[Mg+2]. The third-order valence-electron chi connectivity index (χ3n) is 0. The third kappa shape index (κ3) is 299. The minimum atomic E-state index is 0. The summed E-state index contributed by atoms with van der Waals surface area (Å²) >= 11 is 0. The fourth-order valence-corrected chi connectivity index (χ4v) is 0. The summed E-state index contributed by atoms with van der Waals surface area (Å²) in [4.78, 5) is 0. The van der Waals surface area contributed by atoms with Crippen LogP contribution in [-0.2, 0) is 0 Å². The molecule has 88 valence electrons. The first-order chi connectivity index (χ1) is 0. The van der Waals surface area contributed by atoms with Crippen LogP contribution >= 0.6 is 24.8 Å². The number of halogens is 2. The molecular weight excluding hydrogens is 263 g/mol. The van der Waals surface area contributed by atoms with Crippen molar-refractivity contribution in [3.05, 3.63) is 0 Å². The van der Waals surface area contributed by atoms with E-state index in [1.54, 1.807) is 0 Å². The quantitative estimate of drug-likeness (QED) is 0.376. The molecule has 0 fully saturated rings. The summed E-state index contributed by atoms with van der Waals surface area (Å²) in [6.45, 7) is 0. The Morgan fingerprint density at radius 1 is 0.417 bits per heavy atom. The van der Waals surface area contributed by atoms with Crippen molar-refractivity contribution < 1.29 is 49.5 Å². The Kier molecular flexibility index (Phi) is 15400. The van der Waals surface area contributed by atoms with E-state index in [2.05, 4.69) is 0 Å². The zero-order chi connectivity index (χ0) is 0. The van der Waals surface area contributed by atoms with Crippen LogP contribution in [0.4, 0.5) is 0 Å². The molecule has 0 aromatic rings. The molecule has 0 unspecified atom stereocenters. The molecule has 0 aromatic carbocycles. The average molecular weight is 285 g/mol. The summed E-state index contributed by atoms with van der Waals surface area (Å²) in [5.74, 6) is 0. The van der Waals surface area contributed by atoms with Gasteiger partial charge in [0.15, 0.2) is 0 Å². The van der Waals surface area contributed by atoms with Gasteiger partial charge in [0, 0.05) is 0 Å². The van der Waals surface area contributed by atoms with E-state index >= 15 is 0 Å². The molecule has 0 aliphatic carbocycles. The normalized spacial score (nSPS) is 0. The molecule has 0 saturated carbocycles. The Hall–Kier alpha value is 2.29. The van der Waals surface area contributed by atoms with E-state index in [1.807, 2.05) is 0 Å². The van der Waals surface area contributed by atoms with E-state index in [1.165, 1.54) is 0 Å². The topological polar surface area (TPSA) is 252 Å². The zero-order valence-electron chi connectivity index (χ0n) is 10.2. The van der Waals surface area contributed by atoms with E-state index < -0.39 is 0 Å².